The third kappa shape index (κ3) is 3.75. The maximum absolute atomic E-state index is 5.49. The van der Waals surface area contributed by atoms with Gasteiger partial charge in [-0.15, -0.1) is 0 Å². The van der Waals surface area contributed by atoms with E-state index in [1.165, 1.54) is 5.56 Å². The van der Waals surface area contributed by atoms with Gasteiger partial charge in [0.15, 0.2) is 0 Å². The first-order valence-corrected chi connectivity index (χ1v) is 5.70. The van der Waals surface area contributed by atoms with Crippen molar-refractivity contribution in [2.45, 2.75) is 31.9 Å². The van der Waals surface area contributed by atoms with Crippen LogP contribution < -0.4 is 11.3 Å². The molecule has 0 bridgehead atoms. The molecular formula is C10H18N2OS. The van der Waals surface area contributed by atoms with Gasteiger partial charge in [-0.25, -0.2) is 0 Å². The average molecular weight is 214 g/mol. The normalized spacial score (nSPS) is 15.4. The number of ether oxygens (including phenoxy) is 1. The lowest BCUT2D eigenvalue weighted by atomic mass is 10.0. The zero-order valence-electron chi connectivity index (χ0n) is 8.69. The molecule has 0 aromatic carbocycles. The van der Waals surface area contributed by atoms with Crippen LogP contribution in [0.4, 0.5) is 0 Å². The number of hydrazine groups is 1. The third-order valence-corrected chi connectivity index (χ3v) is 3.05. The fraction of sp³-hybridized carbons (Fsp3) is 0.600. The predicted octanol–water partition coefficient (Wildman–Crippen LogP) is 1.55. The van der Waals surface area contributed by atoms with Crippen LogP contribution in [-0.2, 0) is 11.2 Å². The first-order valence-electron chi connectivity index (χ1n) is 4.76. The number of hydrogen-bond donors (Lipinski definition) is 2. The molecule has 2 atom stereocenters. The lowest BCUT2D eigenvalue weighted by molar-refractivity contribution is 0.100. The van der Waals surface area contributed by atoms with Crippen molar-refractivity contribution in [1.82, 2.24) is 5.43 Å². The van der Waals surface area contributed by atoms with Crippen LogP contribution in [-0.4, -0.2) is 19.3 Å². The monoisotopic (exact) mass is 214 g/mol. The number of thiophene rings is 1. The van der Waals surface area contributed by atoms with Gasteiger partial charge in [0.25, 0.3) is 0 Å². The Morgan fingerprint density at radius 3 is 2.93 bits per heavy atom. The van der Waals surface area contributed by atoms with Gasteiger partial charge in [0.2, 0.25) is 0 Å². The van der Waals surface area contributed by atoms with Gasteiger partial charge in [0, 0.05) is 13.2 Å². The van der Waals surface area contributed by atoms with E-state index in [0.717, 1.165) is 12.8 Å². The lowest BCUT2D eigenvalue weighted by Gasteiger charge is -2.18. The minimum atomic E-state index is 0.245. The summed E-state index contributed by atoms with van der Waals surface area (Å²) in [7, 11) is 1.73. The standard InChI is InChI=1S/C10H18N2OS/c1-8(13-2)5-10(12-11)6-9-3-4-14-7-9/h3-4,7-8,10,12H,5-6,11H2,1-2H3. The maximum Gasteiger partial charge on any atom is 0.0558 e. The molecule has 0 spiro atoms. The van der Waals surface area contributed by atoms with Gasteiger partial charge >= 0.3 is 0 Å². The van der Waals surface area contributed by atoms with Crippen molar-refractivity contribution in [2.24, 2.45) is 5.84 Å². The lowest BCUT2D eigenvalue weighted by Crippen LogP contribution is -2.39. The van der Waals surface area contributed by atoms with E-state index in [-0.39, 0.29) is 6.10 Å². The summed E-state index contributed by atoms with van der Waals surface area (Å²) in [6, 6.07) is 2.42. The molecule has 1 aromatic heterocycles. The molecule has 3 N–H and O–H groups in total. The van der Waals surface area contributed by atoms with E-state index in [1.54, 1.807) is 18.4 Å². The molecule has 1 heterocycles. The summed E-state index contributed by atoms with van der Waals surface area (Å²) in [5.41, 5.74) is 4.16. The zero-order chi connectivity index (χ0) is 10.4. The van der Waals surface area contributed by atoms with Crippen LogP contribution in [0.2, 0.25) is 0 Å². The second kappa shape index (κ2) is 6.14. The molecule has 0 saturated heterocycles. The van der Waals surface area contributed by atoms with E-state index in [4.69, 9.17) is 10.6 Å². The van der Waals surface area contributed by atoms with Crippen LogP contribution in [0, 0.1) is 0 Å². The quantitative estimate of drug-likeness (QED) is 0.558. The molecular weight excluding hydrogens is 196 g/mol. The predicted molar refractivity (Wildman–Crippen MR) is 60.2 cm³/mol. The molecule has 1 aromatic rings. The van der Waals surface area contributed by atoms with Crippen LogP contribution in [0.5, 0.6) is 0 Å². The molecule has 0 saturated carbocycles. The fourth-order valence-corrected chi connectivity index (χ4v) is 2.08. The molecule has 0 aliphatic rings. The van der Waals surface area contributed by atoms with Crippen molar-refractivity contribution in [3.05, 3.63) is 22.4 Å². The van der Waals surface area contributed by atoms with Gasteiger partial charge in [-0.1, -0.05) is 0 Å². The molecule has 0 aliphatic heterocycles. The van der Waals surface area contributed by atoms with Crippen molar-refractivity contribution in [2.75, 3.05) is 7.11 Å². The Kier molecular flexibility index (Phi) is 5.11. The smallest absolute Gasteiger partial charge is 0.0558 e. The molecule has 2 unspecified atom stereocenters. The van der Waals surface area contributed by atoms with E-state index in [1.807, 2.05) is 0 Å². The maximum atomic E-state index is 5.49. The van der Waals surface area contributed by atoms with Gasteiger partial charge in [0.1, 0.15) is 0 Å². The molecule has 0 radical (unpaired) electrons. The Bertz CT molecular complexity index is 238. The Morgan fingerprint density at radius 1 is 1.64 bits per heavy atom. The summed E-state index contributed by atoms with van der Waals surface area (Å²) in [6.07, 6.45) is 2.14. The summed E-state index contributed by atoms with van der Waals surface area (Å²) < 4.78 is 5.21. The summed E-state index contributed by atoms with van der Waals surface area (Å²) in [5.74, 6) is 5.49. The molecule has 80 valence electrons. The van der Waals surface area contributed by atoms with E-state index in [9.17, 15) is 0 Å². The van der Waals surface area contributed by atoms with Crippen LogP contribution >= 0.6 is 11.3 Å². The Labute approximate surface area is 89.2 Å². The highest BCUT2D eigenvalue weighted by Gasteiger charge is 2.11. The fourth-order valence-electron chi connectivity index (χ4n) is 1.40. The number of rotatable bonds is 6. The SMILES string of the molecule is COC(C)CC(Cc1ccsc1)NN. The van der Waals surface area contributed by atoms with Crippen LogP contribution in [0.1, 0.15) is 18.9 Å². The minimum absolute atomic E-state index is 0.245. The van der Waals surface area contributed by atoms with E-state index >= 15 is 0 Å². The number of nitrogens with one attached hydrogen (secondary N) is 1. The van der Waals surface area contributed by atoms with Gasteiger partial charge in [-0.2, -0.15) is 11.3 Å². The van der Waals surface area contributed by atoms with Gasteiger partial charge < -0.3 is 4.74 Å². The highest BCUT2D eigenvalue weighted by atomic mass is 32.1. The molecule has 14 heavy (non-hydrogen) atoms. The van der Waals surface area contributed by atoms with Crippen molar-refractivity contribution in [1.29, 1.82) is 0 Å². The Hall–Kier alpha value is -0.420. The Balaban J connectivity index is 2.39. The topological polar surface area (TPSA) is 47.3 Å². The Morgan fingerprint density at radius 2 is 2.43 bits per heavy atom. The third-order valence-electron chi connectivity index (χ3n) is 2.32. The first-order chi connectivity index (χ1) is 6.76. The first kappa shape index (κ1) is 11.7. The second-order valence-corrected chi connectivity index (χ2v) is 4.26. The number of hydrogen-bond acceptors (Lipinski definition) is 4. The molecule has 0 amide bonds. The average Bonchev–Trinajstić information content (AvgIpc) is 2.69. The van der Waals surface area contributed by atoms with Crippen LogP contribution in [0.25, 0.3) is 0 Å². The van der Waals surface area contributed by atoms with Gasteiger partial charge in [-0.05, 0) is 42.2 Å². The van der Waals surface area contributed by atoms with Crippen molar-refractivity contribution >= 4 is 11.3 Å². The zero-order valence-corrected chi connectivity index (χ0v) is 9.51. The molecule has 1 rings (SSSR count). The van der Waals surface area contributed by atoms with Crippen molar-refractivity contribution in [3.63, 3.8) is 0 Å². The second-order valence-electron chi connectivity index (χ2n) is 3.48. The van der Waals surface area contributed by atoms with Gasteiger partial charge in [0.05, 0.1) is 6.10 Å². The van der Waals surface area contributed by atoms with E-state index < -0.39 is 0 Å². The van der Waals surface area contributed by atoms with Crippen molar-refractivity contribution < 1.29 is 4.74 Å². The molecule has 0 fully saturated rings. The largest absolute Gasteiger partial charge is 0.382 e. The highest BCUT2D eigenvalue weighted by molar-refractivity contribution is 7.07. The van der Waals surface area contributed by atoms with Crippen LogP contribution in [0.15, 0.2) is 16.8 Å². The molecule has 3 nitrogen and oxygen atoms in total. The van der Waals surface area contributed by atoms with Crippen LogP contribution in [0.3, 0.4) is 0 Å². The molecule has 4 heteroatoms. The van der Waals surface area contributed by atoms with E-state index in [2.05, 4.69) is 29.2 Å². The molecule has 0 aliphatic carbocycles. The highest BCUT2D eigenvalue weighted by Crippen LogP contribution is 2.11. The van der Waals surface area contributed by atoms with Gasteiger partial charge in [-0.3, -0.25) is 11.3 Å². The minimum Gasteiger partial charge on any atom is -0.382 e. The summed E-state index contributed by atoms with van der Waals surface area (Å²) in [5, 5.41) is 4.24. The number of nitrogens with two attached hydrogens (primary N) is 1. The number of methoxy groups -OCH3 is 1. The summed E-state index contributed by atoms with van der Waals surface area (Å²) in [4.78, 5) is 0. The summed E-state index contributed by atoms with van der Waals surface area (Å²) in [6.45, 7) is 2.05. The van der Waals surface area contributed by atoms with Crippen molar-refractivity contribution in [3.8, 4) is 0 Å². The summed E-state index contributed by atoms with van der Waals surface area (Å²) >= 11 is 1.72. The van der Waals surface area contributed by atoms with E-state index in [0.29, 0.717) is 6.04 Å².